The van der Waals surface area contributed by atoms with Gasteiger partial charge in [-0.3, -0.25) is 0 Å². The first-order valence-electron chi connectivity index (χ1n) is 5.05. The van der Waals surface area contributed by atoms with Crippen LogP contribution in [-0.2, 0) is 12.6 Å². The smallest absolute Gasteiger partial charge is 0.166 e. The van der Waals surface area contributed by atoms with Gasteiger partial charge in [-0.2, -0.15) is 13.2 Å². The first-order valence-corrected chi connectivity index (χ1v) is 8.18. The van der Waals surface area contributed by atoms with E-state index in [9.17, 15) is 13.2 Å². The highest BCUT2D eigenvalue weighted by atomic mass is 28.3. The standard InChI is InChI=1S/C11H15F3Si/c1-15(2)8-7-9-3-5-10(6-4-9)11(12,13)14/h3-6,15H,7-8H2,1-2H3. The molecule has 0 radical (unpaired) electrons. The minimum atomic E-state index is -4.22. The molecule has 0 saturated carbocycles. The Morgan fingerprint density at radius 3 is 2.00 bits per heavy atom. The quantitative estimate of drug-likeness (QED) is 0.696. The first kappa shape index (κ1) is 12.3. The third-order valence-corrected chi connectivity index (χ3v) is 3.74. The number of halogens is 3. The molecule has 0 N–H and O–H groups in total. The molecule has 84 valence electrons. The van der Waals surface area contributed by atoms with Gasteiger partial charge >= 0.3 is 6.18 Å². The lowest BCUT2D eigenvalue weighted by atomic mass is 10.1. The fourth-order valence-corrected chi connectivity index (χ4v) is 2.23. The van der Waals surface area contributed by atoms with Gasteiger partial charge in [0.25, 0.3) is 0 Å². The molecule has 0 atom stereocenters. The van der Waals surface area contributed by atoms with E-state index in [1.807, 2.05) is 0 Å². The molecule has 0 saturated heterocycles. The van der Waals surface area contributed by atoms with Gasteiger partial charge in [-0.25, -0.2) is 0 Å². The fraction of sp³-hybridized carbons (Fsp3) is 0.455. The topological polar surface area (TPSA) is 0 Å². The average molecular weight is 232 g/mol. The summed E-state index contributed by atoms with van der Waals surface area (Å²) < 4.78 is 36.7. The number of aryl methyl sites for hydroxylation is 1. The maximum absolute atomic E-state index is 12.2. The molecule has 0 aliphatic carbocycles. The van der Waals surface area contributed by atoms with Crippen molar-refractivity contribution >= 4 is 8.80 Å². The van der Waals surface area contributed by atoms with Crippen molar-refractivity contribution < 1.29 is 13.2 Å². The number of alkyl halides is 3. The second kappa shape index (κ2) is 4.83. The molecule has 15 heavy (non-hydrogen) atoms. The van der Waals surface area contributed by atoms with Crippen LogP contribution in [0.1, 0.15) is 11.1 Å². The predicted molar refractivity (Wildman–Crippen MR) is 58.8 cm³/mol. The highest BCUT2D eigenvalue weighted by Crippen LogP contribution is 2.29. The van der Waals surface area contributed by atoms with Crippen LogP contribution in [0.5, 0.6) is 0 Å². The predicted octanol–water partition coefficient (Wildman–Crippen LogP) is 3.73. The van der Waals surface area contributed by atoms with Gasteiger partial charge in [0.1, 0.15) is 0 Å². The Kier molecular flexibility index (Phi) is 3.96. The summed E-state index contributed by atoms with van der Waals surface area (Å²) in [5.41, 5.74) is 0.442. The molecule has 0 bridgehead atoms. The van der Waals surface area contributed by atoms with Crippen LogP contribution in [0.3, 0.4) is 0 Å². The van der Waals surface area contributed by atoms with Crippen LogP contribution in [0, 0.1) is 0 Å². The summed E-state index contributed by atoms with van der Waals surface area (Å²) >= 11 is 0. The Hall–Kier alpha value is -0.773. The summed E-state index contributed by atoms with van der Waals surface area (Å²) in [4.78, 5) is 0. The summed E-state index contributed by atoms with van der Waals surface area (Å²) in [5.74, 6) is 0. The van der Waals surface area contributed by atoms with Crippen molar-refractivity contribution in [3.05, 3.63) is 35.4 Å². The SMILES string of the molecule is C[SiH](C)CCc1ccc(C(F)(F)F)cc1. The van der Waals surface area contributed by atoms with Crippen molar-refractivity contribution in [2.45, 2.75) is 31.7 Å². The van der Waals surface area contributed by atoms with Crippen LogP contribution in [-0.4, -0.2) is 8.80 Å². The van der Waals surface area contributed by atoms with Gasteiger partial charge in [-0.1, -0.05) is 31.3 Å². The molecule has 0 nitrogen and oxygen atoms in total. The highest BCUT2D eigenvalue weighted by molar-refractivity contribution is 6.55. The second-order valence-electron chi connectivity index (χ2n) is 4.13. The zero-order chi connectivity index (χ0) is 11.5. The third kappa shape index (κ3) is 4.07. The van der Waals surface area contributed by atoms with E-state index >= 15 is 0 Å². The van der Waals surface area contributed by atoms with Crippen LogP contribution in [0.4, 0.5) is 13.2 Å². The van der Waals surface area contributed by atoms with Crippen molar-refractivity contribution in [1.82, 2.24) is 0 Å². The normalized spacial score (nSPS) is 12.1. The Morgan fingerprint density at radius 1 is 1.07 bits per heavy atom. The summed E-state index contributed by atoms with van der Waals surface area (Å²) in [7, 11) is -0.608. The van der Waals surface area contributed by atoms with Crippen molar-refractivity contribution in [1.29, 1.82) is 0 Å². The molecule has 0 spiro atoms. The lowest BCUT2D eigenvalue weighted by molar-refractivity contribution is -0.137. The Labute approximate surface area is 89.7 Å². The monoisotopic (exact) mass is 232 g/mol. The molecule has 0 aliphatic heterocycles. The van der Waals surface area contributed by atoms with Crippen molar-refractivity contribution in [2.75, 3.05) is 0 Å². The van der Waals surface area contributed by atoms with E-state index in [2.05, 4.69) is 13.1 Å². The molecule has 1 aromatic rings. The molecule has 0 amide bonds. The minimum absolute atomic E-state index is 0.562. The molecule has 0 aromatic heterocycles. The summed E-state index contributed by atoms with van der Waals surface area (Å²) in [6.07, 6.45) is -3.31. The molecular weight excluding hydrogens is 217 g/mol. The van der Waals surface area contributed by atoms with Gasteiger partial charge in [0.15, 0.2) is 0 Å². The van der Waals surface area contributed by atoms with E-state index in [1.165, 1.54) is 0 Å². The van der Waals surface area contributed by atoms with E-state index in [0.717, 1.165) is 30.2 Å². The number of benzene rings is 1. The maximum atomic E-state index is 12.2. The molecule has 1 rings (SSSR count). The van der Waals surface area contributed by atoms with Crippen LogP contribution in [0.15, 0.2) is 24.3 Å². The van der Waals surface area contributed by atoms with Crippen LogP contribution >= 0.6 is 0 Å². The summed E-state index contributed by atoms with van der Waals surface area (Å²) in [6, 6.07) is 6.64. The van der Waals surface area contributed by atoms with Gasteiger partial charge < -0.3 is 0 Å². The van der Waals surface area contributed by atoms with Crippen LogP contribution in [0.2, 0.25) is 19.1 Å². The second-order valence-corrected chi connectivity index (χ2v) is 7.49. The van der Waals surface area contributed by atoms with Crippen LogP contribution in [0.25, 0.3) is 0 Å². The lowest BCUT2D eigenvalue weighted by Crippen LogP contribution is -2.05. The lowest BCUT2D eigenvalue weighted by Gasteiger charge is -2.08. The molecule has 0 fully saturated rings. The zero-order valence-corrected chi connectivity index (χ0v) is 10.1. The van der Waals surface area contributed by atoms with E-state index in [0.29, 0.717) is 0 Å². The zero-order valence-electron chi connectivity index (χ0n) is 8.93. The van der Waals surface area contributed by atoms with Crippen molar-refractivity contribution in [3.63, 3.8) is 0 Å². The van der Waals surface area contributed by atoms with Gasteiger partial charge in [0.2, 0.25) is 0 Å². The molecule has 4 heteroatoms. The fourth-order valence-electron chi connectivity index (χ4n) is 1.32. The van der Waals surface area contributed by atoms with Gasteiger partial charge in [-0.05, 0) is 24.1 Å². The molecule has 1 aromatic carbocycles. The number of hydrogen-bond donors (Lipinski definition) is 0. The summed E-state index contributed by atoms with van der Waals surface area (Å²) in [5, 5.41) is 0. The highest BCUT2D eigenvalue weighted by Gasteiger charge is 2.29. The maximum Gasteiger partial charge on any atom is 0.416 e. The molecule has 0 aliphatic rings. The van der Waals surface area contributed by atoms with E-state index in [-0.39, 0.29) is 0 Å². The van der Waals surface area contributed by atoms with E-state index in [4.69, 9.17) is 0 Å². The van der Waals surface area contributed by atoms with Crippen LogP contribution < -0.4 is 0 Å². The average Bonchev–Trinajstić information content (AvgIpc) is 2.14. The Bertz CT molecular complexity index is 301. The number of hydrogen-bond acceptors (Lipinski definition) is 0. The van der Waals surface area contributed by atoms with Crippen molar-refractivity contribution in [2.24, 2.45) is 0 Å². The van der Waals surface area contributed by atoms with Gasteiger partial charge in [-0.15, -0.1) is 0 Å². The third-order valence-electron chi connectivity index (χ3n) is 2.29. The van der Waals surface area contributed by atoms with Gasteiger partial charge in [0.05, 0.1) is 5.56 Å². The van der Waals surface area contributed by atoms with Crippen molar-refractivity contribution in [3.8, 4) is 0 Å². The number of rotatable bonds is 3. The Balaban J connectivity index is 2.65. The van der Waals surface area contributed by atoms with E-state index < -0.39 is 20.5 Å². The van der Waals surface area contributed by atoms with Gasteiger partial charge in [0, 0.05) is 8.80 Å². The Morgan fingerprint density at radius 2 is 1.60 bits per heavy atom. The first-order chi connectivity index (χ1) is 6.89. The molecule has 0 unspecified atom stereocenters. The molecule has 0 heterocycles. The largest absolute Gasteiger partial charge is 0.416 e. The summed E-state index contributed by atoms with van der Waals surface area (Å²) in [6.45, 7) is 4.48. The molecular formula is C11H15F3Si. The van der Waals surface area contributed by atoms with E-state index in [1.54, 1.807) is 12.1 Å². The minimum Gasteiger partial charge on any atom is -0.166 e.